The van der Waals surface area contributed by atoms with Crippen molar-refractivity contribution in [3.05, 3.63) is 63.4 Å². The van der Waals surface area contributed by atoms with Crippen molar-refractivity contribution < 1.29 is 13.9 Å². The first-order valence-electron chi connectivity index (χ1n) is 6.15. The average molecular weight is 337 g/mol. The van der Waals surface area contributed by atoms with E-state index in [0.717, 1.165) is 10.0 Å². The molecule has 0 saturated heterocycles. The van der Waals surface area contributed by atoms with Gasteiger partial charge < -0.3 is 4.74 Å². The van der Waals surface area contributed by atoms with E-state index in [2.05, 4.69) is 15.9 Å². The molecule has 2 aromatic rings. The highest BCUT2D eigenvalue weighted by molar-refractivity contribution is 9.10. The van der Waals surface area contributed by atoms with Gasteiger partial charge in [-0.2, -0.15) is 0 Å². The third-order valence-corrected chi connectivity index (χ3v) is 3.47. The van der Waals surface area contributed by atoms with E-state index in [1.54, 1.807) is 30.3 Å². The Morgan fingerprint density at radius 1 is 1.25 bits per heavy atom. The monoisotopic (exact) mass is 336 g/mol. The molecule has 0 aliphatic carbocycles. The highest BCUT2D eigenvalue weighted by Crippen LogP contribution is 2.22. The van der Waals surface area contributed by atoms with Crippen molar-refractivity contribution in [2.24, 2.45) is 0 Å². The van der Waals surface area contributed by atoms with Crippen LogP contribution in [0.4, 0.5) is 4.39 Å². The summed E-state index contributed by atoms with van der Waals surface area (Å²) in [5.74, 6) is 0.360. The molecule has 2 nitrogen and oxygen atoms in total. The zero-order chi connectivity index (χ0) is 14.7. The van der Waals surface area contributed by atoms with Crippen molar-refractivity contribution in [1.82, 2.24) is 0 Å². The summed E-state index contributed by atoms with van der Waals surface area (Å²) in [6.45, 7) is 3.52. The Labute approximate surface area is 125 Å². The molecule has 0 amide bonds. The molecule has 0 atom stereocenters. The first-order valence-corrected chi connectivity index (χ1v) is 6.95. The van der Waals surface area contributed by atoms with E-state index in [1.165, 1.54) is 13.0 Å². The van der Waals surface area contributed by atoms with Gasteiger partial charge in [0.2, 0.25) is 0 Å². The molecule has 104 valence electrons. The van der Waals surface area contributed by atoms with Crippen LogP contribution in [0.3, 0.4) is 0 Å². The lowest BCUT2D eigenvalue weighted by molar-refractivity contribution is 0.101. The fourth-order valence-corrected chi connectivity index (χ4v) is 2.25. The first kappa shape index (κ1) is 14.7. The minimum Gasteiger partial charge on any atom is -0.489 e. The van der Waals surface area contributed by atoms with Crippen LogP contribution in [-0.2, 0) is 6.61 Å². The fourth-order valence-electron chi connectivity index (χ4n) is 1.84. The van der Waals surface area contributed by atoms with Gasteiger partial charge in [0.1, 0.15) is 18.2 Å². The van der Waals surface area contributed by atoms with Crippen molar-refractivity contribution in [3.8, 4) is 5.75 Å². The van der Waals surface area contributed by atoms with Gasteiger partial charge in [0.15, 0.2) is 5.78 Å². The van der Waals surface area contributed by atoms with Gasteiger partial charge in [0.05, 0.1) is 0 Å². The number of ether oxygens (including phenoxy) is 1. The maximum atomic E-state index is 13.6. The third kappa shape index (κ3) is 3.45. The fraction of sp³-hybridized carbons (Fsp3) is 0.188. The minimum absolute atomic E-state index is 0.0117. The van der Waals surface area contributed by atoms with Crippen LogP contribution in [0.1, 0.15) is 28.4 Å². The van der Waals surface area contributed by atoms with Gasteiger partial charge in [0, 0.05) is 15.6 Å². The van der Waals surface area contributed by atoms with Crippen LogP contribution in [0.5, 0.6) is 5.75 Å². The summed E-state index contributed by atoms with van der Waals surface area (Å²) in [6, 6.07) is 9.95. The quantitative estimate of drug-likeness (QED) is 0.758. The SMILES string of the molecule is CC(=O)c1ccc(OCc2cc(Br)ccc2F)c(C)c1. The second-order valence-corrected chi connectivity index (χ2v) is 5.48. The van der Waals surface area contributed by atoms with Gasteiger partial charge >= 0.3 is 0 Å². The molecule has 2 aromatic carbocycles. The molecule has 2 rings (SSSR count). The predicted molar refractivity (Wildman–Crippen MR) is 79.6 cm³/mol. The van der Waals surface area contributed by atoms with Gasteiger partial charge in [-0.25, -0.2) is 4.39 Å². The van der Waals surface area contributed by atoms with E-state index in [0.29, 0.717) is 16.9 Å². The molecule has 0 fully saturated rings. The molecular formula is C16H14BrFO2. The Balaban J connectivity index is 2.15. The van der Waals surface area contributed by atoms with Crippen molar-refractivity contribution in [3.63, 3.8) is 0 Å². The van der Waals surface area contributed by atoms with Crippen LogP contribution in [0.2, 0.25) is 0 Å². The Morgan fingerprint density at radius 3 is 2.65 bits per heavy atom. The number of carbonyl (C=O) groups is 1. The molecular weight excluding hydrogens is 323 g/mol. The standard InChI is InChI=1S/C16H14BrFO2/c1-10-7-12(11(2)19)3-6-16(10)20-9-13-8-14(17)4-5-15(13)18/h3-8H,9H2,1-2H3. The predicted octanol–water partition coefficient (Wildman–Crippen LogP) is 4.68. The van der Waals surface area contributed by atoms with Crippen LogP contribution in [0.15, 0.2) is 40.9 Å². The van der Waals surface area contributed by atoms with E-state index in [1.807, 2.05) is 6.92 Å². The summed E-state index contributed by atoms with van der Waals surface area (Å²) in [7, 11) is 0. The molecule has 0 aliphatic heterocycles. The van der Waals surface area contributed by atoms with E-state index in [-0.39, 0.29) is 18.2 Å². The lowest BCUT2D eigenvalue weighted by atomic mass is 10.1. The van der Waals surface area contributed by atoms with Gasteiger partial charge in [-0.3, -0.25) is 4.79 Å². The Bertz CT molecular complexity index is 653. The summed E-state index contributed by atoms with van der Waals surface area (Å²) >= 11 is 3.30. The summed E-state index contributed by atoms with van der Waals surface area (Å²) in [5.41, 5.74) is 1.98. The van der Waals surface area contributed by atoms with Crippen molar-refractivity contribution in [2.45, 2.75) is 20.5 Å². The van der Waals surface area contributed by atoms with E-state index < -0.39 is 0 Å². The van der Waals surface area contributed by atoms with Crippen LogP contribution in [0, 0.1) is 12.7 Å². The normalized spacial score (nSPS) is 10.4. The molecule has 0 unspecified atom stereocenters. The second-order valence-electron chi connectivity index (χ2n) is 4.56. The summed E-state index contributed by atoms with van der Waals surface area (Å²) in [5, 5.41) is 0. The van der Waals surface area contributed by atoms with Gasteiger partial charge in [-0.15, -0.1) is 0 Å². The van der Waals surface area contributed by atoms with Crippen molar-refractivity contribution in [2.75, 3.05) is 0 Å². The molecule has 0 aliphatic rings. The molecule has 0 saturated carbocycles. The number of carbonyl (C=O) groups excluding carboxylic acids is 1. The molecule has 20 heavy (non-hydrogen) atoms. The largest absolute Gasteiger partial charge is 0.489 e. The lowest BCUT2D eigenvalue weighted by Crippen LogP contribution is -2.01. The number of hydrogen-bond donors (Lipinski definition) is 0. The topological polar surface area (TPSA) is 26.3 Å². The zero-order valence-corrected chi connectivity index (χ0v) is 12.8. The van der Waals surface area contributed by atoms with Crippen LogP contribution in [-0.4, -0.2) is 5.78 Å². The number of hydrogen-bond acceptors (Lipinski definition) is 2. The smallest absolute Gasteiger partial charge is 0.159 e. The molecule has 0 bridgehead atoms. The maximum absolute atomic E-state index is 13.6. The number of benzene rings is 2. The van der Waals surface area contributed by atoms with E-state index >= 15 is 0 Å². The molecule has 4 heteroatoms. The van der Waals surface area contributed by atoms with Crippen LogP contribution < -0.4 is 4.74 Å². The van der Waals surface area contributed by atoms with Crippen molar-refractivity contribution >= 4 is 21.7 Å². The average Bonchev–Trinajstić information content (AvgIpc) is 2.40. The van der Waals surface area contributed by atoms with Crippen LogP contribution in [0.25, 0.3) is 0 Å². The highest BCUT2D eigenvalue weighted by Gasteiger charge is 2.07. The maximum Gasteiger partial charge on any atom is 0.159 e. The summed E-state index contributed by atoms with van der Waals surface area (Å²) in [4.78, 5) is 11.3. The lowest BCUT2D eigenvalue weighted by Gasteiger charge is -2.11. The Kier molecular flexibility index (Phi) is 4.55. The van der Waals surface area contributed by atoms with Gasteiger partial charge in [-0.1, -0.05) is 15.9 Å². The number of halogens is 2. The summed E-state index contributed by atoms with van der Waals surface area (Å²) < 4.78 is 20.0. The molecule has 0 spiro atoms. The Morgan fingerprint density at radius 2 is 2.00 bits per heavy atom. The molecule has 0 aromatic heterocycles. The van der Waals surface area contributed by atoms with Crippen LogP contribution >= 0.6 is 15.9 Å². The number of aryl methyl sites for hydroxylation is 1. The minimum atomic E-state index is -0.300. The van der Waals surface area contributed by atoms with E-state index in [9.17, 15) is 9.18 Å². The van der Waals surface area contributed by atoms with E-state index in [4.69, 9.17) is 4.74 Å². The molecule has 0 heterocycles. The molecule has 0 radical (unpaired) electrons. The zero-order valence-electron chi connectivity index (χ0n) is 11.2. The third-order valence-electron chi connectivity index (χ3n) is 2.97. The Hall–Kier alpha value is -1.68. The van der Waals surface area contributed by atoms with Gasteiger partial charge in [0.25, 0.3) is 0 Å². The number of Topliss-reactive ketones (excluding diaryl/α,β-unsaturated/α-hetero) is 1. The summed E-state index contributed by atoms with van der Waals surface area (Å²) in [6.07, 6.45) is 0. The second kappa shape index (κ2) is 6.18. The number of rotatable bonds is 4. The van der Waals surface area contributed by atoms with Crippen molar-refractivity contribution in [1.29, 1.82) is 0 Å². The molecule has 0 N–H and O–H groups in total. The first-order chi connectivity index (χ1) is 9.47. The van der Waals surface area contributed by atoms with Gasteiger partial charge in [-0.05, 0) is 55.8 Å². The number of ketones is 1. The highest BCUT2D eigenvalue weighted by atomic mass is 79.9.